The van der Waals surface area contributed by atoms with Gasteiger partial charge in [0.25, 0.3) is 0 Å². The number of hydrogen-bond donors (Lipinski definition) is 1. The standard InChI is InChI=1S/C51H33N/c1-2-15-36-33(13-1)14-11-21-39(36)41-32-31-37(38-16-3-4-17-40(38)41)34-27-29-35(30-28-34)52-49-26-12-25-48-50(49)44-20-7-10-24-47(44)51(48)45-22-8-5-18-42(45)43-19-6-9-23-46(43)51/h1-32,52H. The maximum absolute atomic E-state index is 3.86. The van der Waals surface area contributed by atoms with Crippen molar-refractivity contribution in [1.29, 1.82) is 0 Å². The van der Waals surface area contributed by atoms with Crippen molar-refractivity contribution >= 4 is 32.9 Å². The molecule has 9 aromatic carbocycles. The van der Waals surface area contributed by atoms with E-state index in [9.17, 15) is 0 Å². The molecule has 1 heteroatoms. The molecule has 2 aliphatic rings. The van der Waals surface area contributed by atoms with Crippen molar-refractivity contribution in [3.8, 4) is 44.5 Å². The van der Waals surface area contributed by atoms with E-state index >= 15 is 0 Å². The van der Waals surface area contributed by atoms with E-state index in [0.717, 1.165) is 11.4 Å². The summed E-state index contributed by atoms with van der Waals surface area (Å²) < 4.78 is 0. The number of rotatable bonds is 4. The van der Waals surface area contributed by atoms with Crippen LogP contribution in [-0.4, -0.2) is 0 Å². The van der Waals surface area contributed by atoms with Crippen LogP contribution in [0.1, 0.15) is 22.3 Å². The second kappa shape index (κ2) is 11.2. The smallest absolute Gasteiger partial charge is 0.0726 e. The van der Waals surface area contributed by atoms with Gasteiger partial charge >= 0.3 is 0 Å². The Bertz CT molecular complexity index is 2830. The van der Waals surface area contributed by atoms with Crippen LogP contribution in [0.25, 0.3) is 66.1 Å². The second-order valence-corrected chi connectivity index (χ2v) is 14.1. The summed E-state index contributed by atoms with van der Waals surface area (Å²) in [4.78, 5) is 0. The van der Waals surface area contributed by atoms with Gasteiger partial charge in [-0.25, -0.2) is 0 Å². The third-order valence-electron chi connectivity index (χ3n) is 11.5. The summed E-state index contributed by atoms with van der Waals surface area (Å²) in [6, 6.07) is 71.4. The maximum atomic E-state index is 3.86. The molecule has 0 fully saturated rings. The Morgan fingerprint density at radius 1 is 0.308 bits per heavy atom. The summed E-state index contributed by atoms with van der Waals surface area (Å²) in [7, 11) is 0. The topological polar surface area (TPSA) is 12.0 Å². The van der Waals surface area contributed by atoms with Gasteiger partial charge in [0.05, 0.1) is 5.41 Å². The predicted molar refractivity (Wildman–Crippen MR) is 218 cm³/mol. The predicted octanol–water partition coefficient (Wildman–Crippen LogP) is 13.4. The first-order chi connectivity index (χ1) is 25.8. The minimum atomic E-state index is -0.347. The summed E-state index contributed by atoms with van der Waals surface area (Å²) in [5, 5.41) is 8.93. The van der Waals surface area contributed by atoms with Crippen LogP contribution in [0.4, 0.5) is 11.4 Å². The van der Waals surface area contributed by atoms with Gasteiger partial charge in [0.1, 0.15) is 0 Å². The van der Waals surface area contributed by atoms with E-state index in [1.54, 1.807) is 0 Å². The largest absolute Gasteiger partial charge is 0.355 e. The summed E-state index contributed by atoms with van der Waals surface area (Å²) >= 11 is 0. The molecule has 0 atom stereocenters. The van der Waals surface area contributed by atoms with E-state index in [4.69, 9.17) is 0 Å². The van der Waals surface area contributed by atoms with Gasteiger partial charge in [-0.3, -0.25) is 0 Å². The normalized spacial score (nSPS) is 13.2. The van der Waals surface area contributed by atoms with Crippen molar-refractivity contribution in [3.05, 3.63) is 216 Å². The van der Waals surface area contributed by atoms with Gasteiger partial charge in [-0.05, 0) is 101 Å². The average molecular weight is 660 g/mol. The molecule has 242 valence electrons. The zero-order chi connectivity index (χ0) is 34.2. The van der Waals surface area contributed by atoms with E-state index in [0.29, 0.717) is 0 Å². The number of benzene rings is 9. The van der Waals surface area contributed by atoms with Crippen LogP contribution in [0.3, 0.4) is 0 Å². The third-order valence-corrected chi connectivity index (χ3v) is 11.5. The molecule has 11 rings (SSSR count). The first-order valence-electron chi connectivity index (χ1n) is 18.1. The minimum absolute atomic E-state index is 0.347. The van der Waals surface area contributed by atoms with E-state index in [1.807, 2.05) is 0 Å². The van der Waals surface area contributed by atoms with Gasteiger partial charge in [0.2, 0.25) is 0 Å². The third kappa shape index (κ3) is 3.99. The molecule has 0 aliphatic heterocycles. The second-order valence-electron chi connectivity index (χ2n) is 14.1. The highest BCUT2D eigenvalue weighted by atomic mass is 14.9. The van der Waals surface area contributed by atoms with E-state index in [-0.39, 0.29) is 5.41 Å². The molecule has 2 aliphatic carbocycles. The van der Waals surface area contributed by atoms with Gasteiger partial charge in [-0.1, -0.05) is 176 Å². The molecule has 1 nitrogen and oxygen atoms in total. The van der Waals surface area contributed by atoms with Crippen LogP contribution < -0.4 is 5.32 Å². The highest BCUT2D eigenvalue weighted by Gasteiger charge is 2.51. The van der Waals surface area contributed by atoms with Gasteiger partial charge < -0.3 is 5.32 Å². The quantitative estimate of drug-likeness (QED) is 0.198. The zero-order valence-corrected chi connectivity index (χ0v) is 28.5. The lowest BCUT2D eigenvalue weighted by molar-refractivity contribution is 0.794. The van der Waals surface area contributed by atoms with E-state index < -0.39 is 0 Å². The summed E-state index contributed by atoms with van der Waals surface area (Å²) in [6.07, 6.45) is 0. The average Bonchev–Trinajstić information content (AvgIpc) is 3.69. The van der Waals surface area contributed by atoms with Crippen molar-refractivity contribution in [2.75, 3.05) is 5.32 Å². The van der Waals surface area contributed by atoms with E-state index in [2.05, 4.69) is 199 Å². The molecule has 52 heavy (non-hydrogen) atoms. The van der Waals surface area contributed by atoms with Crippen molar-refractivity contribution in [3.63, 3.8) is 0 Å². The number of hydrogen-bond acceptors (Lipinski definition) is 1. The van der Waals surface area contributed by atoms with Crippen LogP contribution >= 0.6 is 0 Å². The highest BCUT2D eigenvalue weighted by Crippen LogP contribution is 2.63. The van der Waals surface area contributed by atoms with Crippen LogP contribution in [0.15, 0.2) is 194 Å². The lowest BCUT2D eigenvalue weighted by atomic mass is 9.70. The number of fused-ring (bicyclic) bond motifs is 12. The fraction of sp³-hybridized carbons (Fsp3) is 0.0196. The van der Waals surface area contributed by atoms with Crippen molar-refractivity contribution in [2.24, 2.45) is 0 Å². The summed E-state index contributed by atoms with van der Waals surface area (Å²) in [5.41, 5.74) is 17.5. The Balaban J connectivity index is 1.00. The highest BCUT2D eigenvalue weighted by molar-refractivity contribution is 6.09. The first kappa shape index (κ1) is 29.1. The Morgan fingerprint density at radius 3 is 1.52 bits per heavy atom. The SMILES string of the molecule is c1ccc2c(c1)-c1ccccc1C21c2ccccc2-c2c(Nc3ccc(-c4ccc(-c5cccc6ccccc56)c5ccccc45)cc3)cccc21. The molecule has 0 saturated heterocycles. The van der Waals surface area contributed by atoms with Gasteiger partial charge in [0.15, 0.2) is 0 Å². The minimum Gasteiger partial charge on any atom is -0.355 e. The van der Waals surface area contributed by atoms with Crippen LogP contribution in [0.5, 0.6) is 0 Å². The van der Waals surface area contributed by atoms with Crippen LogP contribution in [0.2, 0.25) is 0 Å². The molecular weight excluding hydrogens is 627 g/mol. The fourth-order valence-corrected chi connectivity index (χ4v) is 9.38. The zero-order valence-electron chi connectivity index (χ0n) is 28.5. The monoisotopic (exact) mass is 659 g/mol. The lowest BCUT2D eigenvalue weighted by Crippen LogP contribution is -2.25. The molecule has 0 unspecified atom stereocenters. The van der Waals surface area contributed by atoms with Gasteiger partial charge in [-0.15, -0.1) is 0 Å². The van der Waals surface area contributed by atoms with Crippen molar-refractivity contribution < 1.29 is 0 Å². The molecule has 0 heterocycles. The molecule has 0 bridgehead atoms. The first-order valence-corrected chi connectivity index (χ1v) is 18.1. The van der Waals surface area contributed by atoms with Gasteiger partial charge in [0, 0.05) is 16.9 Å². The van der Waals surface area contributed by atoms with E-state index in [1.165, 1.54) is 88.3 Å². The maximum Gasteiger partial charge on any atom is 0.0726 e. The molecule has 1 spiro atoms. The molecule has 0 amide bonds. The summed E-state index contributed by atoms with van der Waals surface area (Å²) in [6.45, 7) is 0. The molecule has 0 radical (unpaired) electrons. The summed E-state index contributed by atoms with van der Waals surface area (Å²) in [5.74, 6) is 0. The van der Waals surface area contributed by atoms with Crippen molar-refractivity contribution in [2.45, 2.75) is 5.41 Å². The Labute approximate surface area is 303 Å². The Morgan fingerprint density at radius 2 is 0.788 bits per heavy atom. The number of nitrogens with one attached hydrogen (secondary N) is 1. The molecule has 9 aromatic rings. The van der Waals surface area contributed by atoms with Crippen molar-refractivity contribution in [1.82, 2.24) is 0 Å². The molecular formula is C51H33N. The number of anilines is 2. The fourth-order valence-electron chi connectivity index (χ4n) is 9.38. The molecule has 0 saturated carbocycles. The molecule has 1 N–H and O–H groups in total. The molecule has 0 aromatic heterocycles. The lowest BCUT2D eigenvalue weighted by Gasteiger charge is -2.30. The van der Waals surface area contributed by atoms with Crippen LogP contribution in [0, 0.1) is 0 Å². The Kier molecular flexibility index (Phi) is 6.23. The Hall–Kier alpha value is -6.70. The van der Waals surface area contributed by atoms with Crippen LogP contribution in [-0.2, 0) is 5.41 Å². The van der Waals surface area contributed by atoms with Gasteiger partial charge in [-0.2, -0.15) is 0 Å².